The van der Waals surface area contributed by atoms with Gasteiger partial charge in [0.15, 0.2) is 23.7 Å². The molecular formula is C26H29NO12. The van der Waals surface area contributed by atoms with Gasteiger partial charge in [0.2, 0.25) is 6.10 Å². The van der Waals surface area contributed by atoms with E-state index in [1.807, 2.05) is 13.1 Å². The highest BCUT2D eigenvalue weighted by Gasteiger charge is 2.72. The largest absolute Gasteiger partial charge is 0.493 e. The van der Waals surface area contributed by atoms with Crippen LogP contribution in [0.25, 0.3) is 0 Å². The summed E-state index contributed by atoms with van der Waals surface area (Å²) in [4.78, 5) is 49.0. The van der Waals surface area contributed by atoms with Gasteiger partial charge in [0.05, 0.1) is 31.0 Å². The molecule has 0 saturated carbocycles. The minimum Gasteiger partial charge on any atom is -0.493 e. The molecule has 13 nitrogen and oxygen atoms in total. The lowest BCUT2D eigenvalue weighted by Gasteiger charge is -2.61. The summed E-state index contributed by atoms with van der Waals surface area (Å²) in [5, 5.41) is 40.1. The summed E-state index contributed by atoms with van der Waals surface area (Å²) in [6.07, 6.45) is -4.04. The lowest BCUT2D eigenvalue weighted by Crippen LogP contribution is -2.74. The number of carbonyl (C=O) groups is 4. The van der Waals surface area contributed by atoms with Crippen LogP contribution in [0.15, 0.2) is 24.0 Å². The molecule has 2 aliphatic carbocycles. The molecule has 1 saturated heterocycles. The number of aliphatic carboxylic acids is 2. The van der Waals surface area contributed by atoms with E-state index in [9.17, 15) is 29.4 Å². The van der Waals surface area contributed by atoms with E-state index in [1.165, 1.54) is 7.11 Å². The van der Waals surface area contributed by atoms with Crippen molar-refractivity contribution < 1.29 is 58.6 Å². The molecule has 1 spiro atoms. The molecule has 2 aliphatic heterocycles. The lowest BCUT2D eigenvalue weighted by molar-refractivity contribution is -0.176. The van der Waals surface area contributed by atoms with Crippen molar-refractivity contribution >= 4 is 23.9 Å². The lowest BCUT2D eigenvalue weighted by atomic mass is 9.50. The zero-order chi connectivity index (χ0) is 28.3. The van der Waals surface area contributed by atoms with Crippen LogP contribution >= 0.6 is 0 Å². The number of carbonyl (C=O) groups excluding carboxylic acids is 2. The van der Waals surface area contributed by atoms with Gasteiger partial charge in [0, 0.05) is 18.0 Å². The molecule has 1 aromatic carbocycles. The maximum absolute atomic E-state index is 12.8. The normalized spacial score (nSPS) is 29.7. The molecule has 0 unspecified atom stereocenters. The average Bonchev–Trinajstić information content (AvgIpc) is 3.22. The first-order chi connectivity index (χ1) is 18.4. The van der Waals surface area contributed by atoms with E-state index in [4.69, 9.17) is 24.4 Å². The third-order valence-corrected chi connectivity index (χ3v) is 8.32. The molecular weight excluding hydrogens is 518 g/mol. The number of methoxy groups -OCH3 is 1. The molecule has 13 heteroatoms. The summed E-state index contributed by atoms with van der Waals surface area (Å²) in [5.74, 6) is -4.66. The Morgan fingerprint density at radius 2 is 1.95 bits per heavy atom. The summed E-state index contributed by atoms with van der Waals surface area (Å²) in [7, 11) is 3.47. The van der Waals surface area contributed by atoms with E-state index < -0.39 is 66.0 Å². The summed E-state index contributed by atoms with van der Waals surface area (Å²) in [5.41, 5.74) is -0.295. The molecule has 2 bridgehead atoms. The number of hydrogen-bond acceptors (Lipinski definition) is 11. The van der Waals surface area contributed by atoms with Gasteiger partial charge >= 0.3 is 23.9 Å². The van der Waals surface area contributed by atoms with Crippen molar-refractivity contribution in [2.75, 3.05) is 20.7 Å². The second-order valence-corrected chi connectivity index (χ2v) is 10.3. The molecule has 1 aromatic rings. The Kier molecular flexibility index (Phi) is 6.56. The van der Waals surface area contributed by atoms with Gasteiger partial charge in [-0.1, -0.05) is 6.07 Å². The summed E-state index contributed by atoms with van der Waals surface area (Å²) >= 11 is 0. The molecule has 39 heavy (non-hydrogen) atoms. The number of aliphatic hydroxyl groups excluding tert-OH is 1. The zero-order valence-electron chi connectivity index (χ0n) is 21.3. The number of ether oxygens (including phenoxy) is 4. The molecule has 0 aromatic heterocycles. The topological polar surface area (TPSA) is 189 Å². The van der Waals surface area contributed by atoms with Gasteiger partial charge in [0.1, 0.15) is 5.76 Å². The molecule has 1 fully saturated rings. The maximum atomic E-state index is 12.8. The first kappa shape index (κ1) is 26.9. The molecule has 4 aliphatic rings. The van der Waals surface area contributed by atoms with E-state index in [2.05, 4.69) is 9.64 Å². The van der Waals surface area contributed by atoms with Gasteiger partial charge in [-0.2, -0.15) is 0 Å². The Morgan fingerprint density at radius 1 is 1.21 bits per heavy atom. The number of piperidine rings is 1. The highest BCUT2D eigenvalue weighted by molar-refractivity contribution is 5.86. The number of likely N-dealkylation sites (tertiary alicyclic amines) is 1. The number of rotatable bonds is 9. The van der Waals surface area contributed by atoms with Crippen LogP contribution in [0.1, 0.15) is 36.8 Å². The first-order valence-electron chi connectivity index (χ1n) is 12.5. The Hall–Kier alpha value is -3.68. The van der Waals surface area contributed by atoms with Gasteiger partial charge < -0.3 is 44.3 Å². The van der Waals surface area contributed by atoms with Crippen molar-refractivity contribution in [3.8, 4) is 11.5 Å². The van der Waals surface area contributed by atoms with Gasteiger partial charge in [-0.25, -0.2) is 9.59 Å². The molecule has 6 atom stereocenters. The predicted molar refractivity (Wildman–Crippen MR) is 128 cm³/mol. The number of nitrogens with zero attached hydrogens (tertiary/aromatic N) is 1. The van der Waals surface area contributed by atoms with E-state index >= 15 is 0 Å². The molecule has 210 valence electrons. The van der Waals surface area contributed by atoms with Crippen LogP contribution in [0.5, 0.6) is 11.5 Å². The Morgan fingerprint density at radius 3 is 2.62 bits per heavy atom. The Labute approximate surface area is 222 Å². The summed E-state index contributed by atoms with van der Waals surface area (Å²) < 4.78 is 22.0. The quantitative estimate of drug-likeness (QED) is 0.296. The molecule has 5 rings (SSSR count). The monoisotopic (exact) mass is 547 g/mol. The van der Waals surface area contributed by atoms with Crippen molar-refractivity contribution in [1.29, 1.82) is 0 Å². The number of likely N-dealkylation sites (N-methyl/N-ethyl adjacent to an activating group) is 1. The van der Waals surface area contributed by atoms with Crippen molar-refractivity contribution in [3.05, 3.63) is 35.1 Å². The number of carboxylic acids is 2. The molecule has 2 heterocycles. The molecule has 4 N–H and O–H groups in total. The maximum Gasteiger partial charge on any atom is 0.345 e. The zero-order valence-corrected chi connectivity index (χ0v) is 21.3. The number of hydrogen-bond donors (Lipinski definition) is 4. The minimum atomic E-state index is -2.09. The number of esters is 2. The van der Waals surface area contributed by atoms with Crippen molar-refractivity contribution in [1.82, 2.24) is 4.90 Å². The average molecular weight is 548 g/mol. The number of benzene rings is 1. The fourth-order valence-electron chi connectivity index (χ4n) is 6.56. The van der Waals surface area contributed by atoms with E-state index in [0.717, 1.165) is 11.1 Å². The second kappa shape index (κ2) is 9.50. The third-order valence-electron chi connectivity index (χ3n) is 8.32. The van der Waals surface area contributed by atoms with Crippen LogP contribution in [0.2, 0.25) is 0 Å². The van der Waals surface area contributed by atoms with Gasteiger partial charge in [0.25, 0.3) is 0 Å². The SMILES string of the molecule is COc1ccc2c3c1O[C@H]1C(OC(=O)C[C@H](O)C(=O)O[C@@H](CC(=O)O)C(=O)O)=CC[C@@]4(O)[C@H](C2)N(C)CC[C@]314. The van der Waals surface area contributed by atoms with Crippen LogP contribution in [0.4, 0.5) is 0 Å². The smallest absolute Gasteiger partial charge is 0.345 e. The van der Waals surface area contributed by atoms with Gasteiger partial charge in [-0.15, -0.1) is 0 Å². The highest BCUT2D eigenvalue weighted by Crippen LogP contribution is 2.65. The van der Waals surface area contributed by atoms with E-state index in [0.29, 0.717) is 30.9 Å². The van der Waals surface area contributed by atoms with Crippen LogP contribution in [-0.2, 0) is 40.5 Å². The fourth-order valence-corrected chi connectivity index (χ4v) is 6.56. The van der Waals surface area contributed by atoms with Crippen LogP contribution < -0.4 is 9.47 Å². The van der Waals surface area contributed by atoms with Crippen molar-refractivity contribution in [3.63, 3.8) is 0 Å². The molecule has 0 amide bonds. The fraction of sp³-hybridized carbons (Fsp3) is 0.538. The summed E-state index contributed by atoms with van der Waals surface area (Å²) in [6.45, 7) is 0.662. The standard InChI is InChI=1S/C26H29NO12/c1-27-8-7-25-20-12-3-4-14(36-2)21(20)39-22(25)15(5-6-26(25,35)17(27)9-12)37-19(31)10-13(28)24(34)38-16(23(32)33)11-18(29)30/h3-5,13,16-17,22,28,35H,6-11H2,1-2H3,(H,29,30)(H,32,33)/t13-,16-,17-,22-,25-,26+/m0/s1. The van der Waals surface area contributed by atoms with E-state index in [-0.39, 0.29) is 18.2 Å². The Balaban J connectivity index is 1.38. The predicted octanol–water partition coefficient (Wildman–Crippen LogP) is -0.262. The molecule has 0 radical (unpaired) electrons. The number of aliphatic hydroxyl groups is 2. The van der Waals surface area contributed by atoms with Crippen molar-refractivity contribution in [2.24, 2.45) is 0 Å². The van der Waals surface area contributed by atoms with Crippen LogP contribution in [-0.4, -0.2) is 99.9 Å². The third kappa shape index (κ3) is 4.03. The van der Waals surface area contributed by atoms with Crippen molar-refractivity contribution in [2.45, 2.75) is 67.5 Å². The van der Waals surface area contributed by atoms with Crippen LogP contribution in [0.3, 0.4) is 0 Å². The summed E-state index contributed by atoms with van der Waals surface area (Å²) in [6, 6.07) is 3.55. The first-order valence-corrected chi connectivity index (χ1v) is 12.5. The van der Waals surface area contributed by atoms with Gasteiger partial charge in [-0.05, 0) is 44.1 Å². The second-order valence-electron chi connectivity index (χ2n) is 10.3. The highest BCUT2D eigenvalue weighted by atomic mass is 16.6. The van der Waals surface area contributed by atoms with Crippen LogP contribution in [0, 0.1) is 0 Å². The number of carboxylic acid groups (broad SMARTS) is 2. The minimum absolute atomic E-state index is 0.119. The Bertz CT molecular complexity index is 1280. The van der Waals surface area contributed by atoms with E-state index in [1.54, 1.807) is 12.1 Å². The van der Waals surface area contributed by atoms with Gasteiger partial charge in [-0.3, -0.25) is 9.59 Å².